The molecule has 3 heterocycles. The fourth-order valence-corrected chi connectivity index (χ4v) is 4.15. The quantitative estimate of drug-likeness (QED) is 0.351. The summed E-state index contributed by atoms with van der Waals surface area (Å²) < 4.78 is 3.63. The van der Waals surface area contributed by atoms with Crippen LogP contribution < -0.4 is 5.32 Å². The number of amides is 1. The summed E-state index contributed by atoms with van der Waals surface area (Å²) >= 11 is 5.97. The van der Waals surface area contributed by atoms with Crippen molar-refractivity contribution in [2.24, 2.45) is 0 Å². The van der Waals surface area contributed by atoms with Gasteiger partial charge in [-0.2, -0.15) is 10.2 Å². The van der Waals surface area contributed by atoms with Crippen molar-refractivity contribution in [2.75, 3.05) is 5.32 Å². The van der Waals surface area contributed by atoms with Crippen molar-refractivity contribution in [3.8, 4) is 11.3 Å². The lowest BCUT2D eigenvalue weighted by atomic mass is 10.0. The summed E-state index contributed by atoms with van der Waals surface area (Å²) in [5.41, 5.74) is 5.56. The van der Waals surface area contributed by atoms with Gasteiger partial charge in [-0.25, -0.2) is 4.98 Å². The number of aromatic nitrogens is 5. The Bertz CT molecular complexity index is 1500. The average Bonchev–Trinajstić information content (AvgIpc) is 3.43. The maximum absolute atomic E-state index is 13.4. The topological polar surface area (TPSA) is 77.6 Å². The molecule has 0 saturated carbocycles. The predicted molar refractivity (Wildman–Crippen MR) is 134 cm³/mol. The molecule has 0 aliphatic rings. The monoisotopic (exact) mass is 470 g/mol. The Hall–Kier alpha value is -3.97. The number of rotatable bonds is 6. The smallest absolute Gasteiger partial charge is 0.256 e. The fourth-order valence-electron chi connectivity index (χ4n) is 3.99. The van der Waals surface area contributed by atoms with Gasteiger partial charge in [-0.05, 0) is 43.7 Å². The third-order valence-electron chi connectivity index (χ3n) is 5.64. The van der Waals surface area contributed by atoms with E-state index in [2.05, 4.69) is 15.5 Å². The molecule has 0 fully saturated rings. The van der Waals surface area contributed by atoms with Crippen molar-refractivity contribution in [2.45, 2.75) is 26.9 Å². The standard InChI is InChI=1S/C26H23ClN6O/c1-3-32-16-23(17(2)31-32)25-12-22(21-9-4-5-10-24(21)30-25)26(34)29-20-8-6-7-18(11-20)14-33-15-19(27)13-28-33/h4-13,15-16H,3,14H2,1-2H3,(H,29,34). The third kappa shape index (κ3) is 4.43. The highest BCUT2D eigenvalue weighted by Crippen LogP contribution is 2.27. The molecule has 0 radical (unpaired) electrons. The van der Waals surface area contributed by atoms with Gasteiger partial charge >= 0.3 is 0 Å². The van der Waals surface area contributed by atoms with Crippen LogP contribution in [0.1, 0.15) is 28.5 Å². The number of benzene rings is 2. The van der Waals surface area contributed by atoms with Crippen LogP contribution in [-0.2, 0) is 13.1 Å². The largest absolute Gasteiger partial charge is 0.322 e. The lowest BCUT2D eigenvalue weighted by molar-refractivity contribution is 0.102. The van der Waals surface area contributed by atoms with Gasteiger partial charge in [0.05, 0.1) is 40.2 Å². The number of carbonyl (C=O) groups excluding carboxylic acids is 1. The highest BCUT2D eigenvalue weighted by atomic mass is 35.5. The summed E-state index contributed by atoms with van der Waals surface area (Å²) in [4.78, 5) is 18.2. The van der Waals surface area contributed by atoms with E-state index >= 15 is 0 Å². The van der Waals surface area contributed by atoms with E-state index in [1.54, 1.807) is 17.1 Å². The first-order chi connectivity index (χ1) is 16.5. The first-order valence-electron chi connectivity index (χ1n) is 11.0. The average molecular weight is 471 g/mol. The van der Waals surface area contributed by atoms with Gasteiger partial charge in [0.2, 0.25) is 0 Å². The minimum atomic E-state index is -0.195. The van der Waals surface area contributed by atoms with Crippen molar-refractivity contribution in [1.82, 2.24) is 24.5 Å². The van der Waals surface area contributed by atoms with Crippen LogP contribution in [0.15, 0.2) is 73.2 Å². The normalized spacial score (nSPS) is 11.1. The lowest BCUT2D eigenvalue weighted by Gasteiger charge is -2.11. The van der Waals surface area contributed by atoms with Gasteiger partial charge in [0.25, 0.3) is 5.91 Å². The molecule has 0 aliphatic heterocycles. The van der Waals surface area contributed by atoms with E-state index in [-0.39, 0.29) is 5.91 Å². The van der Waals surface area contributed by atoms with Crippen molar-refractivity contribution >= 4 is 34.1 Å². The first-order valence-corrected chi connectivity index (χ1v) is 11.4. The number of halogens is 1. The molecule has 0 bridgehead atoms. The molecule has 3 aromatic heterocycles. The fraction of sp³-hybridized carbons (Fsp3) is 0.154. The highest BCUT2D eigenvalue weighted by Gasteiger charge is 2.17. The summed E-state index contributed by atoms with van der Waals surface area (Å²) in [6.07, 6.45) is 5.34. The number of pyridine rings is 1. The second-order valence-corrected chi connectivity index (χ2v) is 8.50. The molecular formula is C26H23ClN6O. The summed E-state index contributed by atoms with van der Waals surface area (Å²) in [5.74, 6) is -0.195. The molecule has 170 valence electrons. The Morgan fingerprint density at radius 1 is 1.06 bits per heavy atom. The van der Waals surface area contributed by atoms with E-state index in [0.29, 0.717) is 22.8 Å². The van der Waals surface area contributed by atoms with Gasteiger partial charge in [0.15, 0.2) is 0 Å². The Balaban J connectivity index is 1.48. The molecule has 1 N–H and O–H groups in total. The Kier molecular flexibility index (Phi) is 5.86. The molecule has 2 aromatic carbocycles. The van der Waals surface area contributed by atoms with Crippen LogP contribution in [0, 0.1) is 6.92 Å². The third-order valence-corrected chi connectivity index (χ3v) is 5.83. The van der Waals surface area contributed by atoms with Crippen molar-refractivity contribution in [1.29, 1.82) is 0 Å². The molecule has 0 aliphatic carbocycles. The highest BCUT2D eigenvalue weighted by molar-refractivity contribution is 6.30. The molecule has 0 atom stereocenters. The summed E-state index contributed by atoms with van der Waals surface area (Å²) in [6, 6.07) is 17.2. The molecule has 0 spiro atoms. The SMILES string of the molecule is CCn1cc(-c2cc(C(=O)Nc3cccc(Cn4cc(Cl)cn4)c3)c3ccccc3n2)c(C)n1. The summed E-state index contributed by atoms with van der Waals surface area (Å²) in [5, 5.41) is 13.2. The molecule has 8 heteroatoms. The van der Waals surface area contributed by atoms with Crippen molar-refractivity contribution in [3.05, 3.63) is 95.0 Å². The number of hydrogen-bond acceptors (Lipinski definition) is 4. The van der Waals surface area contributed by atoms with Crippen LogP contribution >= 0.6 is 11.6 Å². The van der Waals surface area contributed by atoms with E-state index < -0.39 is 0 Å². The maximum atomic E-state index is 13.4. The zero-order valence-corrected chi connectivity index (χ0v) is 19.6. The van der Waals surface area contributed by atoms with Crippen LogP contribution in [0.5, 0.6) is 0 Å². The number of aryl methyl sites for hydroxylation is 2. The van der Waals surface area contributed by atoms with Gasteiger partial charge < -0.3 is 5.32 Å². The minimum absolute atomic E-state index is 0.195. The predicted octanol–water partition coefficient (Wildman–Crippen LogP) is 5.58. The van der Waals surface area contributed by atoms with E-state index in [1.165, 1.54) is 0 Å². The number of carbonyl (C=O) groups is 1. The minimum Gasteiger partial charge on any atom is -0.322 e. The molecule has 1 amide bonds. The number of hydrogen-bond donors (Lipinski definition) is 1. The van der Waals surface area contributed by atoms with Crippen LogP contribution in [0.25, 0.3) is 22.2 Å². The van der Waals surface area contributed by atoms with Crippen LogP contribution in [-0.4, -0.2) is 30.5 Å². The van der Waals surface area contributed by atoms with E-state index in [0.717, 1.165) is 40.0 Å². The molecule has 0 saturated heterocycles. The van der Waals surface area contributed by atoms with Crippen LogP contribution in [0.2, 0.25) is 5.02 Å². The van der Waals surface area contributed by atoms with E-state index in [1.807, 2.05) is 79.3 Å². The molecule has 5 aromatic rings. The van der Waals surface area contributed by atoms with Crippen LogP contribution in [0.4, 0.5) is 5.69 Å². The zero-order valence-electron chi connectivity index (χ0n) is 18.9. The number of para-hydroxylation sites is 1. The number of nitrogens with one attached hydrogen (secondary N) is 1. The Labute approximate surface area is 202 Å². The molecule has 0 unspecified atom stereocenters. The molecule has 34 heavy (non-hydrogen) atoms. The lowest BCUT2D eigenvalue weighted by Crippen LogP contribution is -2.13. The van der Waals surface area contributed by atoms with Gasteiger partial charge in [-0.15, -0.1) is 0 Å². The molecule has 7 nitrogen and oxygen atoms in total. The second kappa shape index (κ2) is 9.11. The van der Waals surface area contributed by atoms with Gasteiger partial charge in [-0.3, -0.25) is 14.2 Å². The molecular weight excluding hydrogens is 448 g/mol. The Morgan fingerprint density at radius 2 is 1.91 bits per heavy atom. The number of nitrogens with zero attached hydrogens (tertiary/aromatic N) is 5. The Morgan fingerprint density at radius 3 is 2.68 bits per heavy atom. The van der Waals surface area contributed by atoms with Crippen molar-refractivity contribution < 1.29 is 4.79 Å². The van der Waals surface area contributed by atoms with Crippen molar-refractivity contribution in [3.63, 3.8) is 0 Å². The number of fused-ring (bicyclic) bond motifs is 1. The van der Waals surface area contributed by atoms with Gasteiger partial charge in [0.1, 0.15) is 0 Å². The van der Waals surface area contributed by atoms with E-state index in [9.17, 15) is 4.79 Å². The first kappa shape index (κ1) is 21.9. The van der Waals surface area contributed by atoms with Gasteiger partial charge in [-0.1, -0.05) is 41.9 Å². The second-order valence-electron chi connectivity index (χ2n) is 8.07. The number of anilines is 1. The zero-order chi connectivity index (χ0) is 23.7. The van der Waals surface area contributed by atoms with Crippen LogP contribution in [0.3, 0.4) is 0 Å². The maximum Gasteiger partial charge on any atom is 0.256 e. The van der Waals surface area contributed by atoms with E-state index in [4.69, 9.17) is 16.6 Å². The summed E-state index contributed by atoms with van der Waals surface area (Å²) in [6.45, 7) is 5.32. The molecule has 5 rings (SSSR count). The van der Waals surface area contributed by atoms with Gasteiger partial charge in [0, 0.05) is 35.6 Å². The summed E-state index contributed by atoms with van der Waals surface area (Å²) in [7, 11) is 0.